The van der Waals surface area contributed by atoms with E-state index in [-0.39, 0.29) is 17.1 Å². The number of ether oxygens (including phenoxy) is 1. The van der Waals surface area contributed by atoms with E-state index in [2.05, 4.69) is 11.1 Å². The maximum absolute atomic E-state index is 13.5. The van der Waals surface area contributed by atoms with Crippen molar-refractivity contribution in [3.05, 3.63) is 94.6 Å². The van der Waals surface area contributed by atoms with Crippen LogP contribution in [0.2, 0.25) is 0 Å². The van der Waals surface area contributed by atoms with Crippen LogP contribution in [0.25, 0.3) is 16.6 Å². The summed E-state index contributed by atoms with van der Waals surface area (Å²) in [6.45, 7) is 8.36. The van der Waals surface area contributed by atoms with Gasteiger partial charge < -0.3 is 9.30 Å². The van der Waals surface area contributed by atoms with Crippen LogP contribution < -0.4 is 10.3 Å². The average molecular weight is 460 g/mol. The molecular formula is C26H25N3O3S. The summed E-state index contributed by atoms with van der Waals surface area (Å²) >= 11 is 1.25. The van der Waals surface area contributed by atoms with Crippen LogP contribution in [0.4, 0.5) is 0 Å². The molecule has 0 aliphatic rings. The first-order valence-electron chi connectivity index (χ1n) is 10.5. The number of Topliss-reactive ketones (excluding diaryl/α,β-unsaturated/α-hetero) is 1. The minimum absolute atomic E-state index is 0.0163. The number of rotatable bonds is 8. The van der Waals surface area contributed by atoms with Gasteiger partial charge >= 0.3 is 0 Å². The largest absolute Gasteiger partial charge is 0.495 e. The fourth-order valence-electron chi connectivity index (χ4n) is 3.94. The zero-order valence-electron chi connectivity index (χ0n) is 18.9. The number of thioether (sulfide) groups is 1. The SMILES string of the molecule is C=CCn1c(C)cc(C(=O)CSc2nc3ccccc3c(=O)n2-c2ccccc2OC)c1C. The topological polar surface area (TPSA) is 66.1 Å². The smallest absolute Gasteiger partial charge is 0.266 e. The molecule has 33 heavy (non-hydrogen) atoms. The number of ketones is 1. The molecule has 0 saturated heterocycles. The number of para-hydroxylation sites is 3. The molecule has 0 saturated carbocycles. The first-order valence-corrected chi connectivity index (χ1v) is 11.5. The number of allylic oxidation sites excluding steroid dienone is 1. The highest BCUT2D eigenvalue weighted by atomic mass is 32.2. The Morgan fingerprint density at radius 2 is 1.88 bits per heavy atom. The minimum Gasteiger partial charge on any atom is -0.495 e. The third kappa shape index (κ3) is 4.24. The Morgan fingerprint density at radius 1 is 1.15 bits per heavy atom. The van der Waals surface area contributed by atoms with E-state index in [1.165, 1.54) is 16.3 Å². The van der Waals surface area contributed by atoms with E-state index in [1.54, 1.807) is 25.3 Å². The Kier molecular flexibility index (Phi) is 6.51. The standard InChI is InChI=1S/C26H25N3O3S/c1-5-14-28-17(2)15-20(18(28)3)23(30)16-33-26-27-21-11-7-6-10-19(21)25(31)29(26)22-12-8-9-13-24(22)32-4/h5-13,15H,1,14,16H2,2-4H3. The number of aromatic nitrogens is 3. The zero-order chi connectivity index (χ0) is 23.5. The molecule has 6 nitrogen and oxygen atoms in total. The first kappa shape index (κ1) is 22.6. The van der Waals surface area contributed by atoms with Gasteiger partial charge in [0.05, 0.1) is 29.5 Å². The average Bonchev–Trinajstić information content (AvgIpc) is 3.11. The quantitative estimate of drug-likeness (QED) is 0.161. The normalized spacial score (nSPS) is 11.0. The van der Waals surface area contributed by atoms with Crippen molar-refractivity contribution in [1.29, 1.82) is 0 Å². The van der Waals surface area contributed by atoms with Crippen LogP contribution in [0.3, 0.4) is 0 Å². The first-order chi connectivity index (χ1) is 16.0. The summed E-state index contributed by atoms with van der Waals surface area (Å²) in [6, 6.07) is 16.4. The molecule has 0 N–H and O–H groups in total. The lowest BCUT2D eigenvalue weighted by Gasteiger charge is -2.15. The van der Waals surface area contributed by atoms with Crippen molar-refractivity contribution in [2.75, 3.05) is 12.9 Å². The number of methoxy groups -OCH3 is 1. The molecule has 0 amide bonds. The summed E-state index contributed by atoms with van der Waals surface area (Å²) < 4.78 is 9.08. The van der Waals surface area contributed by atoms with Crippen molar-refractivity contribution in [3.8, 4) is 11.4 Å². The fourth-order valence-corrected chi connectivity index (χ4v) is 4.83. The Bertz CT molecular complexity index is 1420. The third-order valence-corrected chi connectivity index (χ3v) is 6.53. The van der Waals surface area contributed by atoms with Crippen molar-refractivity contribution >= 4 is 28.4 Å². The monoisotopic (exact) mass is 459 g/mol. The molecule has 4 rings (SSSR count). The van der Waals surface area contributed by atoms with Crippen LogP contribution in [0.1, 0.15) is 21.7 Å². The predicted molar refractivity (Wildman–Crippen MR) is 133 cm³/mol. The van der Waals surface area contributed by atoms with Gasteiger partial charge in [0.15, 0.2) is 10.9 Å². The Balaban J connectivity index is 1.76. The minimum atomic E-state index is -0.204. The van der Waals surface area contributed by atoms with E-state index in [4.69, 9.17) is 9.72 Å². The summed E-state index contributed by atoms with van der Waals surface area (Å²) in [5.41, 5.74) is 3.57. The maximum atomic E-state index is 13.5. The van der Waals surface area contributed by atoms with Gasteiger partial charge in [0.1, 0.15) is 5.75 Å². The maximum Gasteiger partial charge on any atom is 0.266 e. The Hall–Kier alpha value is -3.58. The summed E-state index contributed by atoms with van der Waals surface area (Å²) in [7, 11) is 1.56. The second kappa shape index (κ2) is 9.50. The number of nitrogens with zero attached hydrogens (tertiary/aromatic N) is 3. The van der Waals surface area contributed by atoms with E-state index in [1.807, 2.05) is 56.3 Å². The Labute approximate surface area is 196 Å². The molecule has 0 fully saturated rings. The molecule has 0 bridgehead atoms. The van der Waals surface area contributed by atoms with Crippen molar-refractivity contribution in [2.45, 2.75) is 25.5 Å². The molecular weight excluding hydrogens is 434 g/mol. The van der Waals surface area contributed by atoms with E-state index in [0.717, 1.165) is 11.4 Å². The lowest BCUT2D eigenvalue weighted by atomic mass is 10.2. The summed E-state index contributed by atoms with van der Waals surface area (Å²) in [5, 5.41) is 0.948. The molecule has 0 aliphatic heterocycles. The van der Waals surface area contributed by atoms with Gasteiger partial charge in [0.2, 0.25) is 0 Å². The van der Waals surface area contributed by atoms with E-state index in [9.17, 15) is 9.59 Å². The lowest BCUT2D eigenvalue weighted by Crippen LogP contribution is -2.22. The van der Waals surface area contributed by atoms with Crippen LogP contribution >= 0.6 is 11.8 Å². The number of aryl methyl sites for hydroxylation is 1. The summed E-state index contributed by atoms with van der Waals surface area (Å²) in [6.07, 6.45) is 1.81. The fraction of sp³-hybridized carbons (Fsp3) is 0.192. The molecule has 0 unspecified atom stereocenters. The summed E-state index contributed by atoms with van der Waals surface area (Å²) in [4.78, 5) is 31.3. The van der Waals surface area contributed by atoms with Crippen molar-refractivity contribution in [3.63, 3.8) is 0 Å². The predicted octanol–water partition coefficient (Wildman–Crippen LogP) is 4.97. The van der Waals surface area contributed by atoms with Gasteiger partial charge in [-0.25, -0.2) is 4.98 Å². The van der Waals surface area contributed by atoms with Gasteiger partial charge in [-0.1, -0.05) is 42.1 Å². The number of fused-ring (bicyclic) bond motifs is 1. The van der Waals surface area contributed by atoms with E-state index < -0.39 is 0 Å². The van der Waals surface area contributed by atoms with Crippen LogP contribution in [-0.2, 0) is 6.54 Å². The number of carbonyl (C=O) groups is 1. The zero-order valence-corrected chi connectivity index (χ0v) is 19.7. The van der Waals surface area contributed by atoms with Crippen LogP contribution in [0.5, 0.6) is 5.75 Å². The second-order valence-corrected chi connectivity index (χ2v) is 8.56. The third-order valence-electron chi connectivity index (χ3n) is 5.59. The molecule has 0 aliphatic carbocycles. The molecule has 4 aromatic rings. The van der Waals surface area contributed by atoms with Crippen molar-refractivity contribution in [1.82, 2.24) is 14.1 Å². The van der Waals surface area contributed by atoms with E-state index in [0.29, 0.717) is 39.6 Å². The van der Waals surface area contributed by atoms with Crippen molar-refractivity contribution in [2.24, 2.45) is 0 Å². The molecule has 2 heterocycles. The molecule has 168 valence electrons. The molecule has 0 spiro atoms. The molecule has 0 atom stereocenters. The highest BCUT2D eigenvalue weighted by molar-refractivity contribution is 7.99. The van der Waals surface area contributed by atoms with Gasteiger partial charge in [0.25, 0.3) is 5.56 Å². The number of hydrogen-bond acceptors (Lipinski definition) is 5. The van der Waals surface area contributed by atoms with Gasteiger partial charge in [0, 0.05) is 23.5 Å². The van der Waals surface area contributed by atoms with Gasteiger partial charge in [-0.05, 0) is 44.2 Å². The molecule has 2 aromatic heterocycles. The second-order valence-electron chi connectivity index (χ2n) is 7.62. The van der Waals surface area contributed by atoms with E-state index >= 15 is 0 Å². The van der Waals surface area contributed by atoms with Crippen LogP contribution in [0, 0.1) is 13.8 Å². The van der Waals surface area contributed by atoms with Crippen LogP contribution in [0.15, 0.2) is 77.2 Å². The van der Waals surface area contributed by atoms with Gasteiger partial charge in [-0.2, -0.15) is 0 Å². The van der Waals surface area contributed by atoms with Crippen LogP contribution in [-0.4, -0.2) is 32.8 Å². The van der Waals surface area contributed by atoms with Gasteiger partial charge in [-0.3, -0.25) is 14.2 Å². The van der Waals surface area contributed by atoms with Gasteiger partial charge in [-0.15, -0.1) is 6.58 Å². The molecule has 7 heteroatoms. The Morgan fingerprint density at radius 3 is 2.64 bits per heavy atom. The van der Waals surface area contributed by atoms with Crippen molar-refractivity contribution < 1.29 is 9.53 Å². The lowest BCUT2D eigenvalue weighted by molar-refractivity contribution is 0.102. The molecule has 0 radical (unpaired) electrons. The molecule has 2 aromatic carbocycles. The highest BCUT2D eigenvalue weighted by Crippen LogP contribution is 2.28. The summed E-state index contributed by atoms with van der Waals surface area (Å²) in [5.74, 6) is 0.688. The number of hydrogen-bond donors (Lipinski definition) is 0. The number of benzene rings is 2. The highest BCUT2D eigenvalue weighted by Gasteiger charge is 2.20. The number of carbonyl (C=O) groups excluding carboxylic acids is 1.